The van der Waals surface area contributed by atoms with Gasteiger partial charge in [-0.25, -0.2) is 0 Å². The minimum Gasteiger partial charge on any atom is -0.409 e. The second-order valence-electron chi connectivity index (χ2n) is 4.05. The van der Waals surface area contributed by atoms with E-state index in [2.05, 4.69) is 5.16 Å². The minimum absolute atomic E-state index is 0.0225. The Balaban J connectivity index is 2.65. The molecule has 0 saturated heterocycles. The van der Waals surface area contributed by atoms with Crippen LogP contribution in [0.25, 0.3) is 0 Å². The second kappa shape index (κ2) is 5.00. The molecular weight excluding hydrogens is 194 g/mol. The fourth-order valence-electron chi connectivity index (χ4n) is 1.64. The summed E-state index contributed by atoms with van der Waals surface area (Å²) in [4.78, 5) is 13.7. The van der Waals surface area contributed by atoms with Crippen LogP contribution >= 0.6 is 0 Å². The molecule has 3 N–H and O–H groups in total. The van der Waals surface area contributed by atoms with Crippen LogP contribution in [-0.2, 0) is 4.79 Å². The lowest BCUT2D eigenvalue weighted by atomic mass is 10.0. The molecule has 1 amide bonds. The van der Waals surface area contributed by atoms with Gasteiger partial charge in [0, 0.05) is 13.1 Å². The SMILES string of the molecule is CCCC(C(=O)N(C)C1CC1)C(N)=NO. The number of amides is 1. The van der Waals surface area contributed by atoms with Crippen molar-refractivity contribution in [2.24, 2.45) is 16.8 Å². The van der Waals surface area contributed by atoms with Gasteiger partial charge in [0.1, 0.15) is 0 Å². The molecule has 0 heterocycles. The van der Waals surface area contributed by atoms with Crippen molar-refractivity contribution < 1.29 is 10.0 Å². The lowest BCUT2D eigenvalue weighted by Gasteiger charge is -2.22. The van der Waals surface area contributed by atoms with Gasteiger partial charge >= 0.3 is 0 Å². The van der Waals surface area contributed by atoms with Crippen LogP contribution in [0.15, 0.2) is 5.16 Å². The van der Waals surface area contributed by atoms with Gasteiger partial charge in [-0.15, -0.1) is 0 Å². The Bertz CT molecular complexity index is 261. The van der Waals surface area contributed by atoms with E-state index in [4.69, 9.17) is 10.9 Å². The second-order valence-corrected chi connectivity index (χ2v) is 4.05. The van der Waals surface area contributed by atoms with Crippen molar-refractivity contribution in [3.05, 3.63) is 0 Å². The largest absolute Gasteiger partial charge is 0.409 e. The Labute approximate surface area is 89.9 Å². The number of nitrogens with zero attached hydrogens (tertiary/aromatic N) is 2. The Morgan fingerprint density at radius 2 is 2.27 bits per heavy atom. The van der Waals surface area contributed by atoms with Crippen LogP contribution in [0.2, 0.25) is 0 Å². The molecule has 1 atom stereocenters. The number of nitrogens with two attached hydrogens (primary N) is 1. The summed E-state index contributed by atoms with van der Waals surface area (Å²) < 4.78 is 0. The molecule has 0 aliphatic heterocycles. The van der Waals surface area contributed by atoms with Gasteiger partial charge in [-0.3, -0.25) is 4.79 Å². The average molecular weight is 213 g/mol. The van der Waals surface area contributed by atoms with E-state index in [0.717, 1.165) is 19.3 Å². The molecule has 0 radical (unpaired) electrons. The maximum atomic E-state index is 12.0. The Hall–Kier alpha value is -1.26. The zero-order valence-electron chi connectivity index (χ0n) is 9.31. The molecule has 0 aromatic carbocycles. The number of carbonyl (C=O) groups excluding carboxylic acids is 1. The van der Waals surface area contributed by atoms with E-state index in [1.807, 2.05) is 6.92 Å². The molecule has 0 spiro atoms. The monoisotopic (exact) mass is 213 g/mol. The third-order valence-electron chi connectivity index (χ3n) is 2.79. The van der Waals surface area contributed by atoms with E-state index in [-0.39, 0.29) is 11.7 Å². The molecule has 1 unspecified atom stereocenters. The summed E-state index contributed by atoms with van der Waals surface area (Å²) in [5, 5.41) is 11.5. The topological polar surface area (TPSA) is 78.9 Å². The smallest absolute Gasteiger partial charge is 0.233 e. The van der Waals surface area contributed by atoms with Crippen molar-refractivity contribution in [3.8, 4) is 0 Å². The van der Waals surface area contributed by atoms with Crippen molar-refractivity contribution in [1.29, 1.82) is 0 Å². The highest BCUT2D eigenvalue weighted by molar-refractivity contribution is 6.02. The highest BCUT2D eigenvalue weighted by Crippen LogP contribution is 2.27. The summed E-state index contributed by atoms with van der Waals surface area (Å²) >= 11 is 0. The predicted molar refractivity (Wildman–Crippen MR) is 57.6 cm³/mol. The quantitative estimate of drug-likeness (QED) is 0.306. The van der Waals surface area contributed by atoms with Gasteiger partial charge in [0.05, 0.1) is 5.92 Å². The molecule has 0 aromatic rings. The number of hydrogen-bond acceptors (Lipinski definition) is 3. The van der Waals surface area contributed by atoms with Gasteiger partial charge in [0.15, 0.2) is 5.84 Å². The van der Waals surface area contributed by atoms with E-state index in [1.54, 1.807) is 11.9 Å². The van der Waals surface area contributed by atoms with Gasteiger partial charge in [-0.05, 0) is 19.3 Å². The van der Waals surface area contributed by atoms with Crippen LogP contribution in [0.1, 0.15) is 32.6 Å². The fourth-order valence-corrected chi connectivity index (χ4v) is 1.64. The average Bonchev–Trinajstić information content (AvgIpc) is 3.06. The summed E-state index contributed by atoms with van der Waals surface area (Å²) in [6.07, 6.45) is 3.60. The van der Waals surface area contributed by atoms with Crippen LogP contribution in [0.5, 0.6) is 0 Å². The summed E-state index contributed by atoms with van der Waals surface area (Å²) in [5.41, 5.74) is 5.52. The fraction of sp³-hybridized carbons (Fsp3) is 0.800. The number of carbonyl (C=O) groups is 1. The number of rotatable bonds is 5. The summed E-state index contributed by atoms with van der Waals surface area (Å²) in [5.74, 6) is -0.477. The Kier molecular flexibility index (Phi) is 3.94. The number of oxime groups is 1. The van der Waals surface area contributed by atoms with Crippen molar-refractivity contribution >= 4 is 11.7 Å². The van der Waals surface area contributed by atoms with E-state index in [1.165, 1.54) is 0 Å². The van der Waals surface area contributed by atoms with Crippen molar-refractivity contribution in [3.63, 3.8) is 0 Å². The van der Waals surface area contributed by atoms with Gasteiger partial charge < -0.3 is 15.8 Å². The first-order valence-electron chi connectivity index (χ1n) is 5.35. The molecule has 0 aromatic heterocycles. The summed E-state index contributed by atoms with van der Waals surface area (Å²) in [7, 11) is 1.79. The lowest BCUT2D eigenvalue weighted by Crippen LogP contribution is -2.41. The molecule has 1 saturated carbocycles. The normalized spacial score (nSPS) is 18.7. The Morgan fingerprint density at radius 1 is 1.67 bits per heavy atom. The zero-order valence-corrected chi connectivity index (χ0v) is 9.31. The highest BCUT2D eigenvalue weighted by Gasteiger charge is 2.34. The van der Waals surface area contributed by atoms with Crippen molar-refractivity contribution in [2.45, 2.75) is 38.6 Å². The number of amidine groups is 1. The third kappa shape index (κ3) is 2.84. The van der Waals surface area contributed by atoms with Crippen LogP contribution < -0.4 is 5.73 Å². The third-order valence-corrected chi connectivity index (χ3v) is 2.79. The molecule has 1 rings (SSSR count). The summed E-state index contributed by atoms with van der Waals surface area (Å²) in [6, 6.07) is 0.364. The first kappa shape index (κ1) is 11.8. The van der Waals surface area contributed by atoms with Crippen molar-refractivity contribution in [1.82, 2.24) is 4.90 Å². The summed E-state index contributed by atoms with van der Waals surface area (Å²) in [6.45, 7) is 1.97. The van der Waals surface area contributed by atoms with E-state index >= 15 is 0 Å². The van der Waals surface area contributed by atoms with E-state index < -0.39 is 5.92 Å². The standard InChI is InChI=1S/C10H19N3O2/c1-3-4-8(9(11)12-15)10(14)13(2)7-5-6-7/h7-8,15H,3-6H2,1-2H3,(H2,11,12). The first-order valence-corrected chi connectivity index (χ1v) is 5.35. The Morgan fingerprint density at radius 3 is 2.67 bits per heavy atom. The molecule has 86 valence electrons. The van der Waals surface area contributed by atoms with Gasteiger partial charge in [0.2, 0.25) is 5.91 Å². The van der Waals surface area contributed by atoms with Gasteiger partial charge in [0.25, 0.3) is 0 Å². The van der Waals surface area contributed by atoms with Crippen LogP contribution in [0.3, 0.4) is 0 Å². The van der Waals surface area contributed by atoms with E-state index in [9.17, 15) is 4.79 Å². The maximum Gasteiger partial charge on any atom is 0.233 e. The lowest BCUT2D eigenvalue weighted by molar-refractivity contribution is -0.132. The molecule has 15 heavy (non-hydrogen) atoms. The number of hydrogen-bond donors (Lipinski definition) is 2. The molecular formula is C10H19N3O2. The van der Waals surface area contributed by atoms with Crippen LogP contribution in [-0.4, -0.2) is 34.9 Å². The maximum absolute atomic E-state index is 12.0. The molecule has 1 aliphatic rings. The predicted octanol–water partition coefficient (Wildman–Crippen LogP) is 0.770. The highest BCUT2D eigenvalue weighted by atomic mass is 16.4. The van der Waals surface area contributed by atoms with Crippen molar-refractivity contribution in [2.75, 3.05) is 7.05 Å². The molecule has 0 bridgehead atoms. The molecule has 1 fully saturated rings. The van der Waals surface area contributed by atoms with Crippen LogP contribution in [0, 0.1) is 5.92 Å². The van der Waals surface area contributed by atoms with Gasteiger partial charge in [-0.2, -0.15) is 0 Å². The minimum atomic E-state index is -0.467. The van der Waals surface area contributed by atoms with Crippen LogP contribution in [0.4, 0.5) is 0 Å². The first-order chi connectivity index (χ1) is 7.11. The van der Waals surface area contributed by atoms with Gasteiger partial charge in [-0.1, -0.05) is 18.5 Å². The molecule has 1 aliphatic carbocycles. The molecule has 5 nitrogen and oxygen atoms in total. The van der Waals surface area contributed by atoms with E-state index in [0.29, 0.717) is 12.5 Å². The molecule has 5 heteroatoms. The zero-order chi connectivity index (χ0) is 11.4.